The Kier molecular flexibility index (Phi) is 4.29. The zero-order chi connectivity index (χ0) is 15.5. The van der Waals surface area contributed by atoms with E-state index < -0.39 is 0 Å². The first kappa shape index (κ1) is 14.8. The molecule has 0 amide bonds. The maximum absolute atomic E-state index is 10.0. The molecule has 1 aliphatic rings. The van der Waals surface area contributed by atoms with Gasteiger partial charge in [-0.3, -0.25) is 4.98 Å². The lowest BCUT2D eigenvalue weighted by molar-refractivity contribution is 0.116. The Balaban J connectivity index is 1.88. The molecule has 1 aromatic carbocycles. The lowest BCUT2D eigenvalue weighted by Crippen LogP contribution is -2.36. The minimum absolute atomic E-state index is 0.0423. The highest BCUT2D eigenvalue weighted by atomic mass is 16.5. The predicted octanol–water partition coefficient (Wildman–Crippen LogP) is 2.36. The van der Waals surface area contributed by atoms with Gasteiger partial charge >= 0.3 is 0 Å². The summed E-state index contributed by atoms with van der Waals surface area (Å²) in [6.45, 7) is 0. The normalized spacial score (nSPS) is 21.6. The van der Waals surface area contributed by atoms with Crippen molar-refractivity contribution in [1.29, 1.82) is 0 Å². The van der Waals surface area contributed by atoms with E-state index in [1.54, 1.807) is 26.5 Å². The van der Waals surface area contributed by atoms with E-state index in [0.29, 0.717) is 17.3 Å². The topological polar surface area (TPSA) is 76.5 Å². The van der Waals surface area contributed by atoms with E-state index in [1.807, 2.05) is 6.07 Å². The molecule has 0 radical (unpaired) electrons. The third kappa shape index (κ3) is 2.92. The molecule has 3 rings (SSSR count). The van der Waals surface area contributed by atoms with Crippen LogP contribution in [0.15, 0.2) is 18.3 Å². The number of aliphatic hydroxyl groups is 1. The first-order valence-electron chi connectivity index (χ1n) is 7.54. The van der Waals surface area contributed by atoms with Crippen LogP contribution in [0.4, 0.5) is 5.82 Å². The lowest BCUT2D eigenvalue weighted by Gasteiger charge is -2.28. The largest absolute Gasteiger partial charge is 0.493 e. The Morgan fingerprint density at radius 1 is 1.09 bits per heavy atom. The average Bonchev–Trinajstić information content (AvgIpc) is 2.55. The number of aromatic nitrogens is 2. The fourth-order valence-corrected chi connectivity index (χ4v) is 2.88. The number of aliphatic hydroxyl groups excluding tert-OH is 1. The fraction of sp³-hybridized carbons (Fsp3) is 0.500. The van der Waals surface area contributed by atoms with Crippen LogP contribution in [-0.4, -0.2) is 41.4 Å². The summed E-state index contributed by atoms with van der Waals surface area (Å²) in [5, 5.41) is 13.3. The minimum Gasteiger partial charge on any atom is -0.493 e. The van der Waals surface area contributed by atoms with Crippen molar-refractivity contribution in [2.24, 2.45) is 0 Å². The number of rotatable bonds is 4. The SMILES string of the molecule is COc1cc2ncc(NC3CCCCC3O)nc2cc1OC. The summed E-state index contributed by atoms with van der Waals surface area (Å²) >= 11 is 0. The number of anilines is 1. The molecule has 6 nitrogen and oxygen atoms in total. The Labute approximate surface area is 129 Å². The number of ether oxygens (including phenoxy) is 2. The molecule has 2 unspecified atom stereocenters. The molecule has 118 valence electrons. The van der Waals surface area contributed by atoms with Gasteiger partial charge in [-0.25, -0.2) is 4.98 Å². The highest BCUT2D eigenvalue weighted by molar-refractivity contribution is 5.80. The highest BCUT2D eigenvalue weighted by Gasteiger charge is 2.23. The molecule has 6 heteroatoms. The zero-order valence-corrected chi connectivity index (χ0v) is 12.9. The molecule has 2 atom stereocenters. The number of methoxy groups -OCH3 is 2. The van der Waals surface area contributed by atoms with Crippen LogP contribution in [0.5, 0.6) is 11.5 Å². The molecular formula is C16H21N3O3. The standard InChI is InChI=1S/C16H21N3O3/c1-21-14-7-11-12(8-15(14)22-2)19-16(9-17-11)18-10-5-3-4-6-13(10)20/h7-10,13,20H,3-6H2,1-2H3,(H,18,19). The number of nitrogens with one attached hydrogen (secondary N) is 1. The summed E-state index contributed by atoms with van der Waals surface area (Å²) in [6.07, 6.45) is 5.36. The van der Waals surface area contributed by atoms with Gasteiger partial charge in [0, 0.05) is 12.1 Å². The van der Waals surface area contributed by atoms with Gasteiger partial charge in [0.25, 0.3) is 0 Å². The van der Waals surface area contributed by atoms with Gasteiger partial charge in [0.2, 0.25) is 0 Å². The summed E-state index contributed by atoms with van der Waals surface area (Å²) < 4.78 is 10.6. The van der Waals surface area contributed by atoms with E-state index >= 15 is 0 Å². The van der Waals surface area contributed by atoms with Gasteiger partial charge in [-0.2, -0.15) is 0 Å². The first-order chi connectivity index (χ1) is 10.7. The van der Waals surface area contributed by atoms with Crippen molar-refractivity contribution in [2.75, 3.05) is 19.5 Å². The van der Waals surface area contributed by atoms with Crippen LogP contribution in [-0.2, 0) is 0 Å². The quantitative estimate of drug-likeness (QED) is 0.903. The van der Waals surface area contributed by atoms with E-state index in [0.717, 1.165) is 36.7 Å². The van der Waals surface area contributed by atoms with Crippen LogP contribution in [0.3, 0.4) is 0 Å². The lowest BCUT2D eigenvalue weighted by atomic mass is 9.93. The van der Waals surface area contributed by atoms with Crippen LogP contribution >= 0.6 is 0 Å². The summed E-state index contributed by atoms with van der Waals surface area (Å²) in [7, 11) is 3.19. The summed E-state index contributed by atoms with van der Waals surface area (Å²) in [5.74, 6) is 1.93. The predicted molar refractivity (Wildman–Crippen MR) is 84.5 cm³/mol. The van der Waals surface area contributed by atoms with Crippen LogP contribution < -0.4 is 14.8 Å². The maximum atomic E-state index is 10.0. The molecule has 1 aliphatic carbocycles. The molecule has 1 aromatic heterocycles. The third-order valence-electron chi connectivity index (χ3n) is 4.11. The van der Waals surface area contributed by atoms with E-state index in [9.17, 15) is 5.11 Å². The van der Waals surface area contributed by atoms with E-state index in [2.05, 4.69) is 15.3 Å². The molecule has 0 bridgehead atoms. The molecule has 0 spiro atoms. The minimum atomic E-state index is -0.323. The van der Waals surface area contributed by atoms with E-state index in [4.69, 9.17) is 9.47 Å². The van der Waals surface area contributed by atoms with Crippen LogP contribution in [0.2, 0.25) is 0 Å². The smallest absolute Gasteiger partial charge is 0.163 e. The number of benzene rings is 1. The molecular weight excluding hydrogens is 282 g/mol. The molecule has 1 heterocycles. The Hall–Kier alpha value is -2.08. The van der Waals surface area contributed by atoms with Crippen molar-refractivity contribution < 1.29 is 14.6 Å². The van der Waals surface area contributed by atoms with Gasteiger partial charge in [-0.1, -0.05) is 12.8 Å². The van der Waals surface area contributed by atoms with Crippen LogP contribution in [0.1, 0.15) is 25.7 Å². The maximum Gasteiger partial charge on any atom is 0.163 e. The van der Waals surface area contributed by atoms with Crippen molar-refractivity contribution in [3.05, 3.63) is 18.3 Å². The summed E-state index contributed by atoms with van der Waals surface area (Å²) in [4.78, 5) is 8.98. The summed E-state index contributed by atoms with van der Waals surface area (Å²) in [6, 6.07) is 3.66. The highest BCUT2D eigenvalue weighted by Crippen LogP contribution is 2.31. The molecule has 22 heavy (non-hydrogen) atoms. The number of nitrogens with zero attached hydrogens (tertiary/aromatic N) is 2. The zero-order valence-electron chi connectivity index (χ0n) is 12.9. The van der Waals surface area contributed by atoms with Gasteiger partial charge in [-0.15, -0.1) is 0 Å². The van der Waals surface area contributed by atoms with Gasteiger partial charge in [0.15, 0.2) is 11.5 Å². The summed E-state index contributed by atoms with van der Waals surface area (Å²) in [5.41, 5.74) is 1.47. The average molecular weight is 303 g/mol. The second-order valence-electron chi connectivity index (χ2n) is 5.55. The van der Waals surface area contributed by atoms with E-state index in [1.165, 1.54) is 0 Å². The van der Waals surface area contributed by atoms with Gasteiger partial charge in [-0.05, 0) is 12.8 Å². The van der Waals surface area contributed by atoms with Crippen molar-refractivity contribution in [3.8, 4) is 11.5 Å². The van der Waals surface area contributed by atoms with Crippen molar-refractivity contribution in [1.82, 2.24) is 9.97 Å². The second-order valence-corrected chi connectivity index (χ2v) is 5.55. The Morgan fingerprint density at radius 3 is 2.45 bits per heavy atom. The van der Waals surface area contributed by atoms with Gasteiger partial charge in [0.05, 0.1) is 43.6 Å². The van der Waals surface area contributed by atoms with Crippen molar-refractivity contribution in [3.63, 3.8) is 0 Å². The fourth-order valence-electron chi connectivity index (χ4n) is 2.88. The molecule has 1 fully saturated rings. The molecule has 2 aromatic rings. The molecule has 2 N–H and O–H groups in total. The van der Waals surface area contributed by atoms with Crippen molar-refractivity contribution in [2.45, 2.75) is 37.8 Å². The molecule has 1 saturated carbocycles. The monoisotopic (exact) mass is 303 g/mol. The van der Waals surface area contributed by atoms with Gasteiger partial charge in [0.1, 0.15) is 5.82 Å². The van der Waals surface area contributed by atoms with Crippen molar-refractivity contribution >= 4 is 16.9 Å². The molecule has 0 aliphatic heterocycles. The second kappa shape index (κ2) is 6.36. The number of hydrogen-bond acceptors (Lipinski definition) is 6. The third-order valence-corrected chi connectivity index (χ3v) is 4.11. The number of fused-ring (bicyclic) bond motifs is 1. The Bertz CT molecular complexity index is 662. The van der Waals surface area contributed by atoms with Crippen LogP contribution in [0, 0.1) is 0 Å². The van der Waals surface area contributed by atoms with Gasteiger partial charge < -0.3 is 19.9 Å². The first-order valence-corrected chi connectivity index (χ1v) is 7.54. The Morgan fingerprint density at radius 2 is 1.77 bits per heavy atom. The number of hydrogen-bond donors (Lipinski definition) is 2. The van der Waals surface area contributed by atoms with Crippen LogP contribution in [0.25, 0.3) is 11.0 Å². The van der Waals surface area contributed by atoms with E-state index in [-0.39, 0.29) is 12.1 Å². The molecule has 0 saturated heterocycles.